The van der Waals surface area contributed by atoms with Gasteiger partial charge >= 0.3 is 0 Å². The molecule has 142 valence electrons. The summed E-state index contributed by atoms with van der Waals surface area (Å²) in [6.07, 6.45) is 7.16. The van der Waals surface area contributed by atoms with Crippen molar-refractivity contribution in [1.29, 1.82) is 0 Å². The molecule has 27 heavy (non-hydrogen) atoms. The molecule has 4 heteroatoms. The van der Waals surface area contributed by atoms with Crippen LogP contribution < -0.4 is 4.90 Å². The molecule has 0 aliphatic carbocycles. The molecule has 4 nitrogen and oxygen atoms in total. The lowest BCUT2D eigenvalue weighted by Gasteiger charge is -2.55. The summed E-state index contributed by atoms with van der Waals surface area (Å²) in [4.78, 5) is 9.92. The van der Waals surface area contributed by atoms with Gasteiger partial charge in [0.25, 0.3) is 0 Å². The van der Waals surface area contributed by atoms with Gasteiger partial charge in [0.2, 0.25) is 0 Å². The highest BCUT2D eigenvalue weighted by molar-refractivity contribution is 5.42. The van der Waals surface area contributed by atoms with Crippen molar-refractivity contribution in [3.05, 3.63) is 59.8 Å². The molecule has 1 N–H and O–H groups in total. The van der Waals surface area contributed by atoms with Crippen LogP contribution in [0.4, 0.5) is 5.82 Å². The minimum Gasteiger partial charge on any atom is -0.392 e. The molecule has 4 atom stereocenters. The zero-order valence-electron chi connectivity index (χ0n) is 15.9. The molecule has 3 fully saturated rings. The first-order valence-electron chi connectivity index (χ1n) is 10.4. The van der Waals surface area contributed by atoms with Crippen molar-refractivity contribution >= 4 is 5.82 Å². The predicted molar refractivity (Wildman–Crippen MR) is 107 cm³/mol. The van der Waals surface area contributed by atoms with E-state index in [1.807, 2.05) is 12.3 Å². The summed E-state index contributed by atoms with van der Waals surface area (Å²) in [5.74, 6) is 2.48. The van der Waals surface area contributed by atoms with Gasteiger partial charge in [0.05, 0.1) is 6.61 Å². The maximum atomic E-state index is 9.46. The van der Waals surface area contributed by atoms with Crippen LogP contribution in [0.2, 0.25) is 0 Å². The summed E-state index contributed by atoms with van der Waals surface area (Å²) in [6.45, 7) is 3.48. The highest BCUT2D eigenvalue weighted by Crippen LogP contribution is 2.44. The van der Waals surface area contributed by atoms with Crippen molar-refractivity contribution in [2.45, 2.75) is 44.4 Å². The summed E-state index contributed by atoms with van der Waals surface area (Å²) >= 11 is 0. The molecule has 3 aliphatic heterocycles. The van der Waals surface area contributed by atoms with Gasteiger partial charge in [-0.2, -0.15) is 0 Å². The lowest BCUT2D eigenvalue weighted by Crippen LogP contribution is -2.59. The van der Waals surface area contributed by atoms with Crippen LogP contribution in [0.15, 0.2) is 48.7 Å². The third kappa shape index (κ3) is 3.26. The number of nitrogens with zero attached hydrogens (tertiary/aromatic N) is 3. The Kier molecular flexibility index (Phi) is 4.62. The highest BCUT2D eigenvalue weighted by atomic mass is 16.3. The number of aliphatic hydroxyl groups excluding tert-OH is 1. The van der Waals surface area contributed by atoms with E-state index >= 15 is 0 Å². The van der Waals surface area contributed by atoms with Crippen molar-refractivity contribution in [3.8, 4) is 0 Å². The first-order valence-corrected chi connectivity index (χ1v) is 10.4. The zero-order chi connectivity index (χ0) is 18.2. The van der Waals surface area contributed by atoms with Crippen molar-refractivity contribution in [2.24, 2.45) is 11.8 Å². The van der Waals surface area contributed by atoms with Gasteiger partial charge in [-0.15, -0.1) is 0 Å². The number of pyridine rings is 1. The third-order valence-electron chi connectivity index (χ3n) is 6.89. The van der Waals surface area contributed by atoms with Crippen LogP contribution >= 0.6 is 0 Å². The minimum atomic E-state index is 0.0887. The molecule has 0 saturated carbocycles. The van der Waals surface area contributed by atoms with Gasteiger partial charge in [0.15, 0.2) is 0 Å². The Balaban J connectivity index is 1.38. The summed E-state index contributed by atoms with van der Waals surface area (Å²) in [5, 5.41) is 9.46. The summed E-state index contributed by atoms with van der Waals surface area (Å²) in [7, 11) is 0. The molecule has 1 aromatic carbocycles. The van der Waals surface area contributed by atoms with E-state index in [0.717, 1.165) is 30.4 Å². The molecular formula is C23H29N3O. The lowest BCUT2D eigenvalue weighted by atomic mass is 9.74. The normalized spacial score (nSPS) is 30.8. The number of aromatic nitrogens is 1. The molecule has 4 heterocycles. The molecule has 1 aromatic heterocycles. The summed E-state index contributed by atoms with van der Waals surface area (Å²) in [6, 6.07) is 16.4. The molecule has 3 aliphatic rings. The van der Waals surface area contributed by atoms with E-state index in [1.54, 1.807) is 0 Å². The van der Waals surface area contributed by atoms with Crippen LogP contribution in [0.25, 0.3) is 0 Å². The third-order valence-corrected chi connectivity index (χ3v) is 6.89. The maximum Gasteiger partial charge on any atom is 0.128 e. The van der Waals surface area contributed by atoms with Crippen LogP contribution in [0.1, 0.15) is 42.9 Å². The molecule has 0 spiro atoms. The van der Waals surface area contributed by atoms with Crippen LogP contribution in [0.3, 0.4) is 0 Å². The SMILES string of the molecule is OCc1ccnc(N2C[C@@H]3C[C@H](C2)[C@@H]2CCC[C@H](c4ccccc4)N2C3)c1. The van der Waals surface area contributed by atoms with Gasteiger partial charge in [-0.3, -0.25) is 4.90 Å². The standard InChI is InChI=1S/C23H29N3O/c27-16-17-9-10-24-23(12-17)25-13-18-11-20(15-25)22-8-4-7-21(26(22)14-18)19-5-2-1-3-6-19/h1-3,5-6,9-10,12,18,20-22,27H,4,7-8,11,13-16H2/t18-,20+,21+,22-/m0/s1. The minimum absolute atomic E-state index is 0.0887. The summed E-state index contributed by atoms with van der Waals surface area (Å²) < 4.78 is 0. The second kappa shape index (κ2) is 7.25. The van der Waals surface area contributed by atoms with E-state index < -0.39 is 0 Å². The maximum absolute atomic E-state index is 9.46. The largest absolute Gasteiger partial charge is 0.392 e. The number of piperidine rings is 3. The van der Waals surface area contributed by atoms with Crippen molar-refractivity contribution < 1.29 is 5.11 Å². The van der Waals surface area contributed by atoms with E-state index in [2.05, 4.69) is 51.2 Å². The van der Waals surface area contributed by atoms with E-state index in [4.69, 9.17) is 0 Å². The van der Waals surface area contributed by atoms with Crippen molar-refractivity contribution in [1.82, 2.24) is 9.88 Å². The van der Waals surface area contributed by atoms with Crippen LogP contribution in [-0.2, 0) is 6.61 Å². The Bertz CT molecular complexity index is 780. The first kappa shape index (κ1) is 17.2. The van der Waals surface area contributed by atoms with Crippen LogP contribution in [-0.4, -0.2) is 40.7 Å². The van der Waals surface area contributed by atoms with E-state index in [-0.39, 0.29) is 6.61 Å². The van der Waals surface area contributed by atoms with Gasteiger partial charge in [-0.1, -0.05) is 30.3 Å². The number of rotatable bonds is 3. The number of aliphatic hydroxyl groups is 1. The molecule has 0 amide bonds. The van der Waals surface area contributed by atoms with Gasteiger partial charge in [0, 0.05) is 37.9 Å². The molecule has 0 unspecified atom stereocenters. The molecule has 3 saturated heterocycles. The fourth-order valence-corrected chi connectivity index (χ4v) is 5.76. The quantitative estimate of drug-likeness (QED) is 0.904. The topological polar surface area (TPSA) is 39.6 Å². The molecule has 5 rings (SSSR count). The molecular weight excluding hydrogens is 334 g/mol. The molecule has 2 bridgehead atoms. The fourth-order valence-electron chi connectivity index (χ4n) is 5.76. The van der Waals surface area contributed by atoms with E-state index in [1.165, 1.54) is 37.8 Å². The van der Waals surface area contributed by atoms with Gasteiger partial charge in [0.1, 0.15) is 5.82 Å². The van der Waals surface area contributed by atoms with Crippen LogP contribution in [0.5, 0.6) is 0 Å². The number of anilines is 1. The first-order chi connectivity index (χ1) is 13.3. The summed E-state index contributed by atoms with van der Waals surface area (Å²) in [5.41, 5.74) is 2.45. The number of hydrogen-bond acceptors (Lipinski definition) is 4. The number of benzene rings is 1. The smallest absolute Gasteiger partial charge is 0.128 e. The van der Waals surface area contributed by atoms with E-state index in [9.17, 15) is 5.11 Å². The monoisotopic (exact) mass is 363 g/mol. The Hall–Kier alpha value is -1.91. The second-order valence-corrected chi connectivity index (χ2v) is 8.57. The van der Waals surface area contributed by atoms with Crippen molar-refractivity contribution in [3.63, 3.8) is 0 Å². The second-order valence-electron chi connectivity index (χ2n) is 8.57. The lowest BCUT2D eigenvalue weighted by molar-refractivity contribution is -0.0200. The highest BCUT2D eigenvalue weighted by Gasteiger charge is 2.45. The zero-order valence-corrected chi connectivity index (χ0v) is 15.9. The average Bonchev–Trinajstić information content (AvgIpc) is 2.74. The van der Waals surface area contributed by atoms with Gasteiger partial charge < -0.3 is 10.0 Å². The molecule has 0 radical (unpaired) electrons. The fraction of sp³-hybridized carbons (Fsp3) is 0.522. The Morgan fingerprint density at radius 1 is 1.04 bits per heavy atom. The number of fused-ring (bicyclic) bond motifs is 4. The Labute approximate surface area is 161 Å². The predicted octanol–water partition coefficient (Wildman–Crippen LogP) is 3.63. The number of hydrogen-bond donors (Lipinski definition) is 1. The van der Waals surface area contributed by atoms with E-state index in [0.29, 0.717) is 18.0 Å². The van der Waals surface area contributed by atoms with Gasteiger partial charge in [-0.25, -0.2) is 4.98 Å². The molecule has 2 aromatic rings. The Morgan fingerprint density at radius 3 is 2.78 bits per heavy atom. The van der Waals surface area contributed by atoms with Crippen LogP contribution in [0, 0.1) is 11.8 Å². The van der Waals surface area contributed by atoms with Gasteiger partial charge in [-0.05, 0) is 60.8 Å². The Morgan fingerprint density at radius 2 is 1.93 bits per heavy atom. The van der Waals surface area contributed by atoms with Crippen molar-refractivity contribution in [2.75, 3.05) is 24.5 Å². The average molecular weight is 364 g/mol.